The highest BCUT2D eigenvalue weighted by molar-refractivity contribution is 7.89. The molecule has 1 unspecified atom stereocenters. The van der Waals surface area contributed by atoms with Gasteiger partial charge >= 0.3 is 0 Å². The van der Waals surface area contributed by atoms with Crippen LogP contribution in [0, 0.1) is 5.92 Å². The van der Waals surface area contributed by atoms with Gasteiger partial charge in [0.15, 0.2) is 0 Å². The SMILES string of the molecule is O=S(=O)(c1cn[nH]c1)N1CCCC(CO)C1. The molecular formula is C9H15N3O3S. The molecule has 0 radical (unpaired) electrons. The van der Waals surface area contributed by atoms with Gasteiger partial charge in [-0.25, -0.2) is 8.42 Å². The van der Waals surface area contributed by atoms with Crippen molar-refractivity contribution in [2.45, 2.75) is 17.7 Å². The summed E-state index contributed by atoms with van der Waals surface area (Å²) in [5.74, 6) is 0.0513. The van der Waals surface area contributed by atoms with Crippen LogP contribution in [-0.2, 0) is 10.0 Å². The fraction of sp³-hybridized carbons (Fsp3) is 0.667. The minimum Gasteiger partial charge on any atom is -0.396 e. The van der Waals surface area contributed by atoms with Crippen LogP contribution in [0.15, 0.2) is 17.3 Å². The lowest BCUT2D eigenvalue weighted by Crippen LogP contribution is -2.40. The van der Waals surface area contributed by atoms with E-state index in [1.165, 1.54) is 16.7 Å². The molecule has 0 aromatic carbocycles. The van der Waals surface area contributed by atoms with Crippen molar-refractivity contribution in [1.29, 1.82) is 0 Å². The Morgan fingerprint density at radius 3 is 3.06 bits per heavy atom. The topological polar surface area (TPSA) is 86.3 Å². The first-order valence-corrected chi connectivity index (χ1v) is 6.68. The van der Waals surface area contributed by atoms with E-state index < -0.39 is 10.0 Å². The molecule has 0 saturated carbocycles. The normalized spacial score (nSPS) is 23.4. The number of aromatic amines is 1. The molecule has 6 nitrogen and oxygen atoms in total. The highest BCUT2D eigenvalue weighted by atomic mass is 32.2. The average molecular weight is 245 g/mol. The van der Waals surface area contributed by atoms with E-state index in [-0.39, 0.29) is 17.4 Å². The van der Waals surface area contributed by atoms with E-state index in [0.29, 0.717) is 13.1 Å². The molecule has 2 rings (SSSR count). The van der Waals surface area contributed by atoms with Gasteiger partial charge in [-0.05, 0) is 18.8 Å². The van der Waals surface area contributed by atoms with Crippen molar-refractivity contribution in [2.75, 3.05) is 19.7 Å². The van der Waals surface area contributed by atoms with Crippen LogP contribution in [0.3, 0.4) is 0 Å². The van der Waals surface area contributed by atoms with Gasteiger partial charge in [0.2, 0.25) is 10.0 Å². The van der Waals surface area contributed by atoms with Gasteiger partial charge in [0.05, 0.1) is 6.20 Å². The van der Waals surface area contributed by atoms with E-state index in [0.717, 1.165) is 12.8 Å². The zero-order valence-corrected chi connectivity index (χ0v) is 9.65. The highest BCUT2D eigenvalue weighted by Crippen LogP contribution is 2.22. The minimum atomic E-state index is -3.43. The summed E-state index contributed by atoms with van der Waals surface area (Å²) in [6, 6.07) is 0. The van der Waals surface area contributed by atoms with Crippen LogP contribution in [0.5, 0.6) is 0 Å². The van der Waals surface area contributed by atoms with Crippen molar-refractivity contribution in [1.82, 2.24) is 14.5 Å². The van der Waals surface area contributed by atoms with Gasteiger partial charge in [-0.15, -0.1) is 0 Å². The summed E-state index contributed by atoms with van der Waals surface area (Å²) in [4.78, 5) is 0.186. The maximum absolute atomic E-state index is 12.1. The molecule has 90 valence electrons. The van der Waals surface area contributed by atoms with Gasteiger partial charge < -0.3 is 5.11 Å². The molecule has 0 aliphatic carbocycles. The molecule has 1 aliphatic heterocycles. The van der Waals surface area contributed by atoms with Crippen molar-refractivity contribution >= 4 is 10.0 Å². The van der Waals surface area contributed by atoms with Crippen LogP contribution in [0.1, 0.15) is 12.8 Å². The first-order chi connectivity index (χ1) is 7.64. The van der Waals surface area contributed by atoms with E-state index in [2.05, 4.69) is 10.2 Å². The second kappa shape index (κ2) is 4.52. The third-order valence-corrected chi connectivity index (χ3v) is 4.68. The van der Waals surface area contributed by atoms with E-state index in [4.69, 9.17) is 5.11 Å². The third kappa shape index (κ3) is 2.11. The summed E-state index contributed by atoms with van der Waals surface area (Å²) in [5.41, 5.74) is 0. The standard InChI is InChI=1S/C9H15N3O3S/c13-7-8-2-1-3-12(6-8)16(14,15)9-4-10-11-5-9/h4-5,8,13H,1-3,6-7H2,(H,10,11). The van der Waals surface area contributed by atoms with E-state index in [1.807, 2.05) is 0 Å². The molecule has 2 heterocycles. The summed E-state index contributed by atoms with van der Waals surface area (Å²) < 4.78 is 25.6. The molecule has 16 heavy (non-hydrogen) atoms. The Hall–Kier alpha value is -0.920. The Bertz CT molecular complexity index is 429. The average Bonchev–Trinajstić information content (AvgIpc) is 2.83. The molecule has 1 fully saturated rings. The van der Waals surface area contributed by atoms with Crippen LogP contribution >= 0.6 is 0 Å². The predicted molar refractivity (Wildman–Crippen MR) is 57.2 cm³/mol. The number of hydrogen-bond acceptors (Lipinski definition) is 4. The second-order valence-corrected chi connectivity index (χ2v) is 5.93. The molecule has 1 saturated heterocycles. The molecule has 1 atom stereocenters. The monoisotopic (exact) mass is 245 g/mol. The summed E-state index contributed by atoms with van der Waals surface area (Å²) in [5, 5.41) is 15.2. The quantitative estimate of drug-likeness (QED) is 0.772. The van der Waals surface area contributed by atoms with Crippen LogP contribution in [0.2, 0.25) is 0 Å². The number of sulfonamides is 1. The molecule has 0 amide bonds. The Kier molecular flexibility index (Phi) is 3.27. The lowest BCUT2D eigenvalue weighted by Gasteiger charge is -2.30. The van der Waals surface area contributed by atoms with Crippen molar-refractivity contribution in [3.8, 4) is 0 Å². The third-order valence-electron chi connectivity index (χ3n) is 2.85. The summed E-state index contributed by atoms with van der Waals surface area (Å²) in [6.07, 6.45) is 4.35. The molecule has 0 bridgehead atoms. The largest absolute Gasteiger partial charge is 0.396 e. The van der Waals surface area contributed by atoms with Gasteiger partial charge in [-0.1, -0.05) is 0 Å². The van der Waals surface area contributed by atoms with Crippen LogP contribution in [0.4, 0.5) is 0 Å². The zero-order chi connectivity index (χ0) is 11.6. The molecule has 7 heteroatoms. The number of aromatic nitrogens is 2. The van der Waals surface area contributed by atoms with Crippen molar-refractivity contribution in [2.24, 2.45) is 5.92 Å². The van der Waals surface area contributed by atoms with Gasteiger partial charge in [-0.3, -0.25) is 5.10 Å². The highest BCUT2D eigenvalue weighted by Gasteiger charge is 2.30. The van der Waals surface area contributed by atoms with Gasteiger partial charge in [0.1, 0.15) is 4.90 Å². The van der Waals surface area contributed by atoms with E-state index >= 15 is 0 Å². The maximum Gasteiger partial charge on any atom is 0.246 e. The number of piperidine rings is 1. The van der Waals surface area contributed by atoms with Crippen LogP contribution in [0.25, 0.3) is 0 Å². The van der Waals surface area contributed by atoms with Gasteiger partial charge in [0.25, 0.3) is 0 Å². The lowest BCUT2D eigenvalue weighted by molar-refractivity contribution is 0.165. The summed E-state index contributed by atoms with van der Waals surface area (Å²) in [6.45, 7) is 0.950. The van der Waals surface area contributed by atoms with E-state index in [1.54, 1.807) is 0 Å². The number of nitrogens with zero attached hydrogens (tertiary/aromatic N) is 2. The van der Waals surface area contributed by atoms with E-state index in [9.17, 15) is 8.42 Å². The number of nitrogens with one attached hydrogen (secondary N) is 1. The zero-order valence-electron chi connectivity index (χ0n) is 8.83. The predicted octanol–water partition coefficient (Wildman–Crippen LogP) is -0.197. The minimum absolute atomic E-state index is 0.0391. The number of rotatable bonds is 3. The van der Waals surface area contributed by atoms with Gasteiger partial charge in [-0.2, -0.15) is 9.40 Å². The first kappa shape index (κ1) is 11.6. The molecule has 1 aliphatic rings. The Morgan fingerprint density at radius 2 is 2.44 bits per heavy atom. The molecule has 1 aromatic heterocycles. The molecule has 0 spiro atoms. The Labute approximate surface area is 94.3 Å². The second-order valence-electron chi connectivity index (χ2n) is 3.99. The Balaban J connectivity index is 2.18. The Morgan fingerprint density at radius 1 is 1.62 bits per heavy atom. The van der Waals surface area contributed by atoms with Crippen LogP contribution in [-0.4, -0.2) is 47.7 Å². The fourth-order valence-corrected chi connectivity index (χ4v) is 3.39. The number of hydrogen-bond donors (Lipinski definition) is 2. The number of H-pyrrole nitrogens is 1. The van der Waals surface area contributed by atoms with Crippen LogP contribution < -0.4 is 0 Å². The molecule has 2 N–H and O–H groups in total. The molecule has 1 aromatic rings. The molecular weight excluding hydrogens is 230 g/mol. The van der Waals surface area contributed by atoms with Crippen molar-refractivity contribution < 1.29 is 13.5 Å². The maximum atomic E-state index is 12.1. The first-order valence-electron chi connectivity index (χ1n) is 5.24. The summed E-state index contributed by atoms with van der Waals surface area (Å²) in [7, 11) is -3.43. The van der Waals surface area contributed by atoms with Gasteiger partial charge in [0, 0.05) is 25.9 Å². The smallest absolute Gasteiger partial charge is 0.246 e. The number of aliphatic hydroxyl groups is 1. The van der Waals surface area contributed by atoms with Crippen molar-refractivity contribution in [3.63, 3.8) is 0 Å². The summed E-state index contributed by atoms with van der Waals surface area (Å²) >= 11 is 0. The lowest BCUT2D eigenvalue weighted by atomic mass is 10.0. The van der Waals surface area contributed by atoms with Crippen molar-refractivity contribution in [3.05, 3.63) is 12.4 Å². The fourth-order valence-electron chi connectivity index (χ4n) is 1.92. The number of aliphatic hydroxyl groups excluding tert-OH is 1.